The predicted molar refractivity (Wildman–Crippen MR) is 64.8 cm³/mol. The standard InChI is InChI=1S/C9H9BrN2S2/c1-12-4-9(3-11-12)14-6-8-2-7(10)5-13-8/h2-5H,6H2,1H3. The molecule has 5 heteroatoms. The summed E-state index contributed by atoms with van der Waals surface area (Å²) in [4.78, 5) is 2.60. The smallest absolute Gasteiger partial charge is 0.0625 e. The van der Waals surface area contributed by atoms with Crippen molar-refractivity contribution in [2.45, 2.75) is 10.6 Å². The fraction of sp³-hybridized carbons (Fsp3) is 0.222. The van der Waals surface area contributed by atoms with Gasteiger partial charge in [-0.2, -0.15) is 5.10 Å². The lowest BCUT2D eigenvalue weighted by Crippen LogP contribution is -1.83. The van der Waals surface area contributed by atoms with Gasteiger partial charge in [-0.05, 0) is 22.0 Å². The maximum Gasteiger partial charge on any atom is 0.0625 e. The van der Waals surface area contributed by atoms with Crippen LogP contribution in [0.25, 0.3) is 0 Å². The summed E-state index contributed by atoms with van der Waals surface area (Å²) in [5.74, 6) is 1.02. The lowest BCUT2D eigenvalue weighted by molar-refractivity contribution is 0.766. The molecule has 0 amide bonds. The molecule has 0 aliphatic heterocycles. The molecule has 0 aliphatic carbocycles. The molecule has 2 heterocycles. The normalized spacial score (nSPS) is 10.7. The van der Waals surface area contributed by atoms with Crippen molar-refractivity contribution in [2.75, 3.05) is 0 Å². The van der Waals surface area contributed by atoms with Crippen LogP contribution in [0.3, 0.4) is 0 Å². The Bertz CT molecular complexity index is 382. The van der Waals surface area contributed by atoms with Crippen molar-refractivity contribution in [3.05, 3.63) is 33.2 Å². The zero-order valence-electron chi connectivity index (χ0n) is 7.61. The number of halogens is 1. The minimum Gasteiger partial charge on any atom is -0.275 e. The van der Waals surface area contributed by atoms with Gasteiger partial charge in [0.25, 0.3) is 0 Å². The molecule has 0 saturated heterocycles. The quantitative estimate of drug-likeness (QED) is 0.804. The van der Waals surface area contributed by atoms with Crippen LogP contribution in [-0.2, 0) is 12.8 Å². The van der Waals surface area contributed by atoms with E-state index in [0.717, 1.165) is 5.75 Å². The van der Waals surface area contributed by atoms with Crippen LogP contribution in [0.4, 0.5) is 0 Å². The minimum absolute atomic E-state index is 1.02. The van der Waals surface area contributed by atoms with Crippen molar-refractivity contribution in [3.8, 4) is 0 Å². The van der Waals surface area contributed by atoms with Crippen LogP contribution in [0, 0.1) is 0 Å². The highest BCUT2D eigenvalue weighted by molar-refractivity contribution is 9.10. The molecule has 0 unspecified atom stereocenters. The molecule has 2 rings (SSSR count). The van der Waals surface area contributed by atoms with Crippen LogP contribution >= 0.6 is 39.0 Å². The number of hydrogen-bond donors (Lipinski definition) is 0. The summed E-state index contributed by atoms with van der Waals surface area (Å²) in [6.07, 6.45) is 3.93. The van der Waals surface area contributed by atoms with E-state index in [4.69, 9.17) is 0 Å². The highest BCUT2D eigenvalue weighted by Crippen LogP contribution is 2.27. The molecule has 0 spiro atoms. The largest absolute Gasteiger partial charge is 0.275 e. The van der Waals surface area contributed by atoms with E-state index in [2.05, 4.69) is 32.5 Å². The fourth-order valence-electron chi connectivity index (χ4n) is 1.06. The molecular weight excluding hydrogens is 280 g/mol. The summed E-state index contributed by atoms with van der Waals surface area (Å²) >= 11 is 7.04. The van der Waals surface area contributed by atoms with Gasteiger partial charge in [-0.25, -0.2) is 0 Å². The molecule has 0 aromatic carbocycles. The third kappa shape index (κ3) is 2.62. The van der Waals surface area contributed by atoms with Gasteiger partial charge in [0.15, 0.2) is 0 Å². The van der Waals surface area contributed by atoms with Crippen molar-refractivity contribution in [3.63, 3.8) is 0 Å². The first-order valence-corrected chi connectivity index (χ1v) is 6.74. The van der Waals surface area contributed by atoms with Crippen LogP contribution in [-0.4, -0.2) is 9.78 Å². The number of rotatable bonds is 3. The van der Waals surface area contributed by atoms with Gasteiger partial charge in [-0.1, -0.05) is 0 Å². The predicted octanol–water partition coefficient (Wildman–Crippen LogP) is 3.54. The van der Waals surface area contributed by atoms with Gasteiger partial charge in [0, 0.05) is 38.6 Å². The molecule has 0 fully saturated rings. The summed E-state index contributed by atoms with van der Waals surface area (Å²) in [6, 6.07) is 2.16. The first kappa shape index (κ1) is 10.3. The molecule has 0 atom stereocenters. The molecule has 0 aliphatic rings. The van der Waals surface area contributed by atoms with Crippen LogP contribution in [0.2, 0.25) is 0 Å². The van der Waals surface area contributed by atoms with Crippen molar-refractivity contribution in [1.82, 2.24) is 9.78 Å². The van der Waals surface area contributed by atoms with Crippen molar-refractivity contribution >= 4 is 39.0 Å². The van der Waals surface area contributed by atoms with E-state index in [1.165, 1.54) is 14.2 Å². The maximum absolute atomic E-state index is 4.12. The Morgan fingerprint density at radius 2 is 2.50 bits per heavy atom. The SMILES string of the molecule is Cn1cc(SCc2cc(Br)cs2)cn1. The lowest BCUT2D eigenvalue weighted by Gasteiger charge is -1.93. The summed E-state index contributed by atoms with van der Waals surface area (Å²) in [5.41, 5.74) is 0. The van der Waals surface area contributed by atoms with E-state index >= 15 is 0 Å². The fourth-order valence-corrected chi connectivity index (χ4v) is 3.48. The average Bonchev–Trinajstić information content (AvgIpc) is 2.72. The van der Waals surface area contributed by atoms with Crippen LogP contribution in [0.5, 0.6) is 0 Å². The Labute approximate surface area is 99.5 Å². The summed E-state index contributed by atoms with van der Waals surface area (Å²) in [6.45, 7) is 0. The molecule has 0 bridgehead atoms. The Morgan fingerprint density at radius 1 is 1.64 bits per heavy atom. The third-order valence-corrected chi connectivity index (χ3v) is 4.56. The summed E-state index contributed by atoms with van der Waals surface area (Å²) < 4.78 is 3.00. The van der Waals surface area contributed by atoms with Gasteiger partial charge in [-0.15, -0.1) is 23.1 Å². The number of thioether (sulfide) groups is 1. The molecule has 0 N–H and O–H groups in total. The molecule has 14 heavy (non-hydrogen) atoms. The van der Waals surface area contributed by atoms with Gasteiger partial charge < -0.3 is 0 Å². The van der Waals surface area contributed by atoms with Crippen molar-refractivity contribution < 1.29 is 0 Å². The number of aryl methyl sites for hydroxylation is 1. The Kier molecular flexibility index (Phi) is 3.30. The van der Waals surface area contributed by atoms with E-state index in [1.807, 2.05) is 35.9 Å². The van der Waals surface area contributed by atoms with Gasteiger partial charge >= 0.3 is 0 Å². The van der Waals surface area contributed by atoms with Gasteiger partial charge in [-0.3, -0.25) is 4.68 Å². The number of aromatic nitrogens is 2. The van der Waals surface area contributed by atoms with Crippen molar-refractivity contribution in [1.29, 1.82) is 0 Å². The Morgan fingerprint density at radius 3 is 3.07 bits per heavy atom. The highest BCUT2D eigenvalue weighted by Gasteiger charge is 2.00. The lowest BCUT2D eigenvalue weighted by atomic mass is 10.5. The maximum atomic E-state index is 4.12. The van der Waals surface area contributed by atoms with Gasteiger partial charge in [0.2, 0.25) is 0 Å². The second-order valence-corrected chi connectivity index (χ2v) is 5.83. The zero-order chi connectivity index (χ0) is 9.97. The first-order chi connectivity index (χ1) is 6.74. The molecule has 0 radical (unpaired) electrons. The summed E-state index contributed by atoms with van der Waals surface area (Å²) in [5, 5.41) is 6.23. The van der Waals surface area contributed by atoms with E-state index in [0.29, 0.717) is 0 Å². The first-order valence-electron chi connectivity index (χ1n) is 4.08. The van der Waals surface area contributed by atoms with E-state index < -0.39 is 0 Å². The monoisotopic (exact) mass is 288 g/mol. The Balaban J connectivity index is 1.94. The second kappa shape index (κ2) is 4.51. The number of thiophene rings is 1. The number of nitrogens with zero attached hydrogens (tertiary/aromatic N) is 2. The average molecular weight is 289 g/mol. The molecule has 74 valence electrons. The molecule has 0 saturated carbocycles. The topological polar surface area (TPSA) is 17.8 Å². The van der Waals surface area contributed by atoms with E-state index in [9.17, 15) is 0 Å². The molecular formula is C9H9BrN2S2. The molecule has 2 aromatic heterocycles. The molecule has 2 aromatic rings. The van der Waals surface area contributed by atoms with E-state index in [1.54, 1.807) is 11.3 Å². The van der Waals surface area contributed by atoms with Crippen LogP contribution < -0.4 is 0 Å². The minimum atomic E-state index is 1.02. The number of hydrogen-bond acceptors (Lipinski definition) is 3. The summed E-state index contributed by atoms with van der Waals surface area (Å²) in [7, 11) is 1.94. The van der Waals surface area contributed by atoms with Gasteiger partial charge in [0.1, 0.15) is 0 Å². The third-order valence-electron chi connectivity index (χ3n) is 1.68. The zero-order valence-corrected chi connectivity index (χ0v) is 10.8. The Hall–Kier alpha value is -0.260. The van der Waals surface area contributed by atoms with Crippen LogP contribution in [0.15, 0.2) is 33.2 Å². The highest BCUT2D eigenvalue weighted by atomic mass is 79.9. The molecule has 2 nitrogen and oxygen atoms in total. The van der Waals surface area contributed by atoms with Crippen molar-refractivity contribution in [2.24, 2.45) is 7.05 Å². The van der Waals surface area contributed by atoms with Gasteiger partial charge in [0.05, 0.1) is 6.20 Å². The second-order valence-electron chi connectivity index (χ2n) is 2.87. The van der Waals surface area contributed by atoms with E-state index in [-0.39, 0.29) is 0 Å². The van der Waals surface area contributed by atoms with Crippen LogP contribution in [0.1, 0.15) is 4.88 Å².